The molecule has 0 saturated heterocycles. The topological polar surface area (TPSA) is 67.5 Å². The van der Waals surface area contributed by atoms with E-state index in [1.165, 1.54) is 0 Å². The highest BCUT2D eigenvalue weighted by molar-refractivity contribution is 6.38. The molecule has 0 radical (unpaired) electrons. The molecule has 6 nitrogen and oxygen atoms in total. The number of amides is 1. The number of methoxy groups -OCH3 is 2. The second-order valence-electron chi connectivity index (χ2n) is 6.90. The smallest absolute Gasteiger partial charge is 0.266 e. The Morgan fingerprint density at radius 1 is 0.933 bits per heavy atom. The summed E-state index contributed by atoms with van der Waals surface area (Å²) in [6, 6.07) is 20.9. The number of rotatable bonds is 4. The van der Waals surface area contributed by atoms with Crippen LogP contribution in [0.3, 0.4) is 0 Å². The Labute approximate surface area is 173 Å². The zero-order chi connectivity index (χ0) is 20.7. The Hall–Kier alpha value is -4.06. The molecule has 0 fully saturated rings. The molecule has 1 N–H and O–H groups in total. The molecule has 4 aromatic rings. The van der Waals surface area contributed by atoms with Gasteiger partial charge in [0.05, 0.1) is 42.1 Å². The second kappa shape index (κ2) is 7.08. The minimum Gasteiger partial charge on any atom is -0.497 e. The highest BCUT2D eigenvalue weighted by Gasteiger charge is 2.37. The minimum atomic E-state index is -0.163. The van der Waals surface area contributed by atoms with Crippen LogP contribution < -0.4 is 14.4 Å². The van der Waals surface area contributed by atoms with Gasteiger partial charge in [-0.15, -0.1) is 0 Å². The molecule has 0 saturated carbocycles. The van der Waals surface area contributed by atoms with Gasteiger partial charge in [0.1, 0.15) is 11.5 Å². The molecule has 5 rings (SSSR count). The van der Waals surface area contributed by atoms with Gasteiger partial charge in [-0.25, -0.2) is 9.88 Å². The summed E-state index contributed by atoms with van der Waals surface area (Å²) in [5.74, 6) is 1.72. The van der Waals surface area contributed by atoms with Gasteiger partial charge >= 0.3 is 0 Å². The van der Waals surface area contributed by atoms with E-state index >= 15 is 0 Å². The number of aromatic nitrogens is 2. The predicted octanol–water partition coefficient (Wildman–Crippen LogP) is 4.80. The van der Waals surface area contributed by atoms with Crippen LogP contribution in [0.4, 0.5) is 11.6 Å². The lowest BCUT2D eigenvalue weighted by molar-refractivity contribution is -0.112. The predicted molar refractivity (Wildman–Crippen MR) is 117 cm³/mol. The molecule has 2 heterocycles. The maximum absolute atomic E-state index is 13.6. The molecule has 0 unspecified atom stereocenters. The van der Waals surface area contributed by atoms with Crippen LogP contribution in [0.2, 0.25) is 0 Å². The quantitative estimate of drug-likeness (QED) is 0.503. The van der Waals surface area contributed by atoms with Crippen LogP contribution in [0.25, 0.3) is 22.7 Å². The van der Waals surface area contributed by atoms with Crippen molar-refractivity contribution in [2.24, 2.45) is 0 Å². The third-order valence-corrected chi connectivity index (χ3v) is 5.18. The Balaban J connectivity index is 1.67. The highest BCUT2D eigenvalue weighted by atomic mass is 16.5. The Kier molecular flexibility index (Phi) is 4.25. The highest BCUT2D eigenvalue weighted by Crippen LogP contribution is 2.46. The number of hydrogen-bond donors (Lipinski definition) is 1. The maximum Gasteiger partial charge on any atom is 0.266 e. The van der Waals surface area contributed by atoms with Crippen molar-refractivity contribution in [3.05, 3.63) is 77.9 Å². The lowest BCUT2D eigenvalue weighted by Crippen LogP contribution is -2.21. The number of carbonyl (C=O) groups excluding carboxylic acids is 1. The van der Waals surface area contributed by atoms with E-state index in [0.717, 1.165) is 33.6 Å². The Bertz CT molecular complexity index is 1260. The number of carbonyl (C=O) groups is 1. The first-order chi connectivity index (χ1) is 14.7. The van der Waals surface area contributed by atoms with E-state index in [2.05, 4.69) is 9.97 Å². The van der Waals surface area contributed by atoms with E-state index in [-0.39, 0.29) is 5.91 Å². The van der Waals surface area contributed by atoms with E-state index in [0.29, 0.717) is 17.3 Å². The zero-order valence-corrected chi connectivity index (χ0v) is 16.5. The number of H-pyrrole nitrogens is 1. The molecule has 1 amide bonds. The number of anilines is 2. The van der Waals surface area contributed by atoms with Gasteiger partial charge < -0.3 is 14.5 Å². The van der Waals surface area contributed by atoms with Crippen molar-refractivity contribution in [3.63, 3.8) is 0 Å². The molecule has 148 valence electrons. The van der Waals surface area contributed by atoms with E-state index in [4.69, 9.17) is 9.47 Å². The van der Waals surface area contributed by atoms with Crippen molar-refractivity contribution >= 4 is 40.2 Å². The minimum absolute atomic E-state index is 0.163. The van der Waals surface area contributed by atoms with Crippen molar-refractivity contribution in [1.29, 1.82) is 0 Å². The number of nitrogens with zero attached hydrogens (tertiary/aromatic N) is 2. The summed E-state index contributed by atoms with van der Waals surface area (Å²) in [6.45, 7) is 0. The summed E-state index contributed by atoms with van der Waals surface area (Å²) >= 11 is 0. The van der Waals surface area contributed by atoms with Gasteiger partial charge in [0.15, 0.2) is 0 Å². The SMILES string of the molecule is COc1ccc(C=C2C(=O)N(c3nc4ccccc4[nH]3)c3cccc(OC)c32)cc1. The van der Waals surface area contributed by atoms with Crippen molar-refractivity contribution < 1.29 is 14.3 Å². The normalized spacial score (nSPS) is 14.4. The fraction of sp³-hybridized carbons (Fsp3) is 0.0833. The second-order valence-corrected chi connectivity index (χ2v) is 6.90. The first-order valence-electron chi connectivity index (χ1n) is 9.52. The van der Waals surface area contributed by atoms with Crippen molar-refractivity contribution in [2.45, 2.75) is 0 Å². The monoisotopic (exact) mass is 397 g/mol. The van der Waals surface area contributed by atoms with Gasteiger partial charge in [0.2, 0.25) is 5.95 Å². The number of para-hydroxylation sites is 2. The van der Waals surface area contributed by atoms with Crippen molar-refractivity contribution in [3.8, 4) is 11.5 Å². The molecule has 0 bridgehead atoms. The average molecular weight is 397 g/mol. The average Bonchev–Trinajstić information content (AvgIpc) is 3.32. The van der Waals surface area contributed by atoms with Crippen LogP contribution in [0.1, 0.15) is 11.1 Å². The molecule has 0 atom stereocenters. The molecular formula is C24H19N3O3. The summed E-state index contributed by atoms with van der Waals surface area (Å²) in [5.41, 5.74) is 4.60. The van der Waals surface area contributed by atoms with Crippen LogP contribution in [-0.2, 0) is 4.79 Å². The number of ether oxygens (including phenoxy) is 2. The number of nitrogens with one attached hydrogen (secondary N) is 1. The van der Waals surface area contributed by atoms with Crippen LogP contribution in [0.15, 0.2) is 66.7 Å². The van der Waals surface area contributed by atoms with E-state index in [9.17, 15) is 4.79 Å². The molecular weight excluding hydrogens is 378 g/mol. The van der Waals surface area contributed by atoms with Gasteiger partial charge in [-0.3, -0.25) is 4.79 Å². The number of benzene rings is 3. The Morgan fingerprint density at radius 3 is 2.47 bits per heavy atom. The van der Waals surface area contributed by atoms with Crippen LogP contribution in [0.5, 0.6) is 11.5 Å². The van der Waals surface area contributed by atoms with Gasteiger partial charge in [0.25, 0.3) is 5.91 Å². The number of hydrogen-bond acceptors (Lipinski definition) is 4. The molecule has 1 aliphatic rings. The number of imidazole rings is 1. The third kappa shape index (κ3) is 2.81. The molecule has 30 heavy (non-hydrogen) atoms. The largest absolute Gasteiger partial charge is 0.497 e. The molecule has 3 aromatic carbocycles. The standard InChI is InChI=1S/C24H19N3O3/c1-29-16-12-10-15(11-13-16)14-17-22-20(8-5-9-21(22)30-2)27(23(17)28)24-25-18-6-3-4-7-19(18)26-24/h3-14H,1-2H3,(H,25,26). The lowest BCUT2D eigenvalue weighted by atomic mass is 10.0. The van der Waals surface area contributed by atoms with E-state index in [1.54, 1.807) is 19.1 Å². The zero-order valence-electron chi connectivity index (χ0n) is 16.5. The van der Waals surface area contributed by atoms with Crippen LogP contribution in [-0.4, -0.2) is 30.1 Å². The third-order valence-electron chi connectivity index (χ3n) is 5.18. The van der Waals surface area contributed by atoms with E-state index in [1.807, 2.05) is 72.8 Å². The van der Waals surface area contributed by atoms with Crippen LogP contribution >= 0.6 is 0 Å². The van der Waals surface area contributed by atoms with E-state index < -0.39 is 0 Å². The van der Waals surface area contributed by atoms with Crippen molar-refractivity contribution in [2.75, 3.05) is 19.1 Å². The molecule has 1 aromatic heterocycles. The summed E-state index contributed by atoms with van der Waals surface area (Å²) in [6.07, 6.45) is 1.87. The fourth-order valence-electron chi connectivity index (χ4n) is 3.74. The number of aromatic amines is 1. The summed E-state index contributed by atoms with van der Waals surface area (Å²) in [5, 5.41) is 0. The lowest BCUT2D eigenvalue weighted by Gasteiger charge is -2.13. The van der Waals surface area contributed by atoms with Crippen LogP contribution in [0, 0.1) is 0 Å². The number of fused-ring (bicyclic) bond motifs is 2. The fourth-order valence-corrected chi connectivity index (χ4v) is 3.74. The van der Waals surface area contributed by atoms with Crippen molar-refractivity contribution in [1.82, 2.24) is 9.97 Å². The summed E-state index contributed by atoms with van der Waals surface area (Å²) in [4.78, 5) is 23.0. The van der Waals surface area contributed by atoms with Gasteiger partial charge in [-0.05, 0) is 48.0 Å². The molecule has 0 spiro atoms. The van der Waals surface area contributed by atoms with Gasteiger partial charge in [0, 0.05) is 0 Å². The molecule has 1 aliphatic heterocycles. The molecule has 6 heteroatoms. The Morgan fingerprint density at radius 2 is 1.73 bits per heavy atom. The summed E-state index contributed by atoms with van der Waals surface area (Å²) in [7, 11) is 3.23. The maximum atomic E-state index is 13.6. The summed E-state index contributed by atoms with van der Waals surface area (Å²) < 4.78 is 10.8. The first kappa shape index (κ1) is 18.0. The molecule has 0 aliphatic carbocycles. The van der Waals surface area contributed by atoms with Gasteiger partial charge in [-0.2, -0.15) is 0 Å². The van der Waals surface area contributed by atoms with Gasteiger partial charge in [-0.1, -0.05) is 30.3 Å². The first-order valence-corrected chi connectivity index (χ1v) is 9.52.